The molecule has 4 rings (SSSR count). The van der Waals surface area contributed by atoms with E-state index in [9.17, 15) is 14.3 Å². The number of aromatic amines is 1. The van der Waals surface area contributed by atoms with Gasteiger partial charge in [-0.3, -0.25) is 4.57 Å². The standard InChI is InChI=1S/C24H22FN5O4S/c1-3-12-30-20(13-34-19-11-7-4-8-15(19)25)28-29-24(30)35-14-18(31)21(23(32)33-2)22-26-16-9-5-6-10-17(16)27-22/h3-11,31H,1,12-14H2,2H3,(H,26,27)/b21-18+. The molecule has 4 aromatic rings. The van der Waals surface area contributed by atoms with Gasteiger partial charge in [-0.2, -0.15) is 0 Å². The number of aliphatic hydroxyl groups is 1. The van der Waals surface area contributed by atoms with E-state index in [2.05, 4.69) is 26.7 Å². The minimum atomic E-state index is -0.728. The smallest absolute Gasteiger partial charge is 0.345 e. The Kier molecular flexibility index (Phi) is 7.46. The van der Waals surface area contributed by atoms with Crippen LogP contribution in [0.4, 0.5) is 4.39 Å². The number of allylic oxidation sites excluding steroid dienone is 1. The zero-order valence-electron chi connectivity index (χ0n) is 18.8. The van der Waals surface area contributed by atoms with Gasteiger partial charge in [-0.25, -0.2) is 14.2 Å². The van der Waals surface area contributed by atoms with Crippen LogP contribution in [-0.4, -0.2) is 48.7 Å². The van der Waals surface area contributed by atoms with Gasteiger partial charge in [0.15, 0.2) is 22.5 Å². The first-order chi connectivity index (χ1) is 17.0. The lowest BCUT2D eigenvalue weighted by Gasteiger charge is -2.10. The predicted octanol–water partition coefficient (Wildman–Crippen LogP) is 4.29. The highest BCUT2D eigenvalue weighted by atomic mass is 32.2. The quantitative estimate of drug-likeness (QED) is 0.110. The Morgan fingerprint density at radius 1 is 1.23 bits per heavy atom. The molecule has 0 bridgehead atoms. The van der Waals surface area contributed by atoms with Crippen LogP contribution in [0.2, 0.25) is 0 Å². The molecule has 0 saturated carbocycles. The van der Waals surface area contributed by atoms with Gasteiger partial charge in [0.2, 0.25) is 0 Å². The van der Waals surface area contributed by atoms with Crippen molar-refractivity contribution < 1.29 is 23.8 Å². The molecule has 11 heteroatoms. The van der Waals surface area contributed by atoms with Gasteiger partial charge in [-0.1, -0.05) is 42.1 Å². The predicted molar refractivity (Wildman–Crippen MR) is 129 cm³/mol. The summed E-state index contributed by atoms with van der Waals surface area (Å²) in [4.78, 5) is 19.9. The zero-order valence-corrected chi connectivity index (χ0v) is 19.6. The van der Waals surface area contributed by atoms with Crippen molar-refractivity contribution in [2.45, 2.75) is 18.3 Å². The molecule has 180 valence electrons. The summed E-state index contributed by atoms with van der Waals surface area (Å²) in [5, 5.41) is 19.6. The van der Waals surface area contributed by atoms with E-state index in [1.165, 1.54) is 19.2 Å². The highest BCUT2D eigenvalue weighted by molar-refractivity contribution is 7.99. The SMILES string of the molecule is C=CCn1c(COc2ccccc2F)nnc1SC/C(O)=C(\C(=O)OC)c1nc2ccccc2[nH]1. The van der Waals surface area contributed by atoms with Crippen LogP contribution in [0.15, 0.2) is 72.1 Å². The van der Waals surface area contributed by atoms with Crippen molar-refractivity contribution in [2.75, 3.05) is 12.9 Å². The van der Waals surface area contributed by atoms with E-state index >= 15 is 0 Å². The van der Waals surface area contributed by atoms with Gasteiger partial charge >= 0.3 is 5.97 Å². The van der Waals surface area contributed by atoms with Gasteiger partial charge in [0, 0.05) is 6.54 Å². The van der Waals surface area contributed by atoms with E-state index in [0.29, 0.717) is 23.0 Å². The first kappa shape index (κ1) is 24.0. The molecular formula is C24H22FN5O4S. The van der Waals surface area contributed by atoms with Gasteiger partial charge in [0.05, 0.1) is 23.9 Å². The molecule has 0 aliphatic rings. The van der Waals surface area contributed by atoms with Gasteiger partial charge in [-0.05, 0) is 24.3 Å². The van der Waals surface area contributed by atoms with Crippen molar-refractivity contribution in [3.05, 3.63) is 84.4 Å². The summed E-state index contributed by atoms with van der Waals surface area (Å²) in [7, 11) is 1.23. The Hall–Kier alpha value is -4.12. The highest BCUT2D eigenvalue weighted by Crippen LogP contribution is 2.26. The number of aromatic nitrogens is 5. The average molecular weight is 496 g/mol. The maximum atomic E-state index is 13.9. The van der Waals surface area contributed by atoms with Gasteiger partial charge < -0.3 is 19.6 Å². The maximum Gasteiger partial charge on any atom is 0.345 e. The Labute approximate surface area is 204 Å². The van der Waals surface area contributed by atoms with Crippen LogP contribution in [0.3, 0.4) is 0 Å². The fourth-order valence-electron chi connectivity index (χ4n) is 3.28. The summed E-state index contributed by atoms with van der Waals surface area (Å²) in [6, 6.07) is 13.3. The second-order valence-corrected chi connectivity index (χ2v) is 8.16. The molecule has 2 aromatic heterocycles. The number of esters is 1. The number of H-pyrrole nitrogens is 1. The zero-order chi connectivity index (χ0) is 24.8. The number of nitrogens with zero attached hydrogens (tertiary/aromatic N) is 4. The largest absolute Gasteiger partial charge is 0.510 e. The van der Waals surface area contributed by atoms with Crippen molar-refractivity contribution in [2.24, 2.45) is 0 Å². The third-order valence-electron chi connectivity index (χ3n) is 4.94. The van der Waals surface area contributed by atoms with E-state index in [1.807, 2.05) is 18.2 Å². The number of rotatable bonds is 10. The molecule has 0 atom stereocenters. The maximum absolute atomic E-state index is 13.9. The number of halogens is 1. The van der Waals surface area contributed by atoms with E-state index in [1.54, 1.807) is 28.8 Å². The molecule has 0 fully saturated rings. The Morgan fingerprint density at radius 3 is 2.74 bits per heavy atom. The topological polar surface area (TPSA) is 115 Å². The van der Waals surface area contributed by atoms with Crippen LogP contribution in [-0.2, 0) is 22.7 Å². The number of ether oxygens (including phenoxy) is 2. The van der Waals surface area contributed by atoms with Crippen LogP contribution >= 0.6 is 11.8 Å². The third kappa shape index (κ3) is 5.35. The highest BCUT2D eigenvalue weighted by Gasteiger charge is 2.23. The van der Waals surface area contributed by atoms with Crippen LogP contribution in [0.1, 0.15) is 11.6 Å². The van der Waals surface area contributed by atoms with E-state index in [4.69, 9.17) is 9.47 Å². The number of imidazole rings is 1. The number of carbonyl (C=O) groups excluding carboxylic acids is 1. The monoisotopic (exact) mass is 495 g/mol. The molecule has 2 N–H and O–H groups in total. The lowest BCUT2D eigenvalue weighted by atomic mass is 10.2. The minimum absolute atomic E-state index is 0.00900. The molecular weight excluding hydrogens is 473 g/mol. The number of methoxy groups -OCH3 is 1. The molecule has 0 radical (unpaired) electrons. The fraction of sp³-hybridized carbons (Fsp3) is 0.167. The second kappa shape index (κ2) is 10.9. The van der Waals surface area contributed by atoms with Crippen molar-refractivity contribution in [1.82, 2.24) is 24.7 Å². The first-order valence-corrected chi connectivity index (χ1v) is 11.5. The van der Waals surface area contributed by atoms with E-state index in [0.717, 1.165) is 17.3 Å². The van der Waals surface area contributed by atoms with Gasteiger partial charge in [0.1, 0.15) is 23.8 Å². The summed E-state index contributed by atoms with van der Waals surface area (Å²) >= 11 is 1.15. The number of para-hydroxylation sites is 3. The molecule has 0 spiro atoms. The lowest BCUT2D eigenvalue weighted by molar-refractivity contribution is -0.133. The molecule has 0 unspecified atom stereocenters. The molecule has 0 saturated heterocycles. The number of benzene rings is 2. The summed E-state index contributed by atoms with van der Waals surface area (Å²) in [5.41, 5.74) is 1.29. The van der Waals surface area contributed by atoms with Crippen LogP contribution in [0.25, 0.3) is 16.6 Å². The molecule has 0 amide bonds. The number of carbonyl (C=O) groups is 1. The number of thioether (sulfide) groups is 1. The summed E-state index contributed by atoms with van der Waals surface area (Å²) < 4.78 is 26.0. The normalized spacial score (nSPS) is 11.8. The molecule has 0 aliphatic heterocycles. The molecule has 9 nitrogen and oxygen atoms in total. The first-order valence-electron chi connectivity index (χ1n) is 10.5. The Bertz CT molecular complexity index is 1360. The average Bonchev–Trinajstić information content (AvgIpc) is 3.46. The summed E-state index contributed by atoms with van der Waals surface area (Å²) in [6.45, 7) is 4.10. The van der Waals surface area contributed by atoms with Crippen LogP contribution in [0.5, 0.6) is 5.75 Å². The number of aliphatic hydroxyl groups excluding tert-OH is 1. The summed E-state index contributed by atoms with van der Waals surface area (Å²) in [6.07, 6.45) is 1.66. The fourth-order valence-corrected chi connectivity index (χ4v) is 4.12. The van der Waals surface area contributed by atoms with Crippen molar-refractivity contribution >= 4 is 34.3 Å². The Balaban J connectivity index is 1.56. The summed E-state index contributed by atoms with van der Waals surface area (Å²) in [5.74, 6) is -0.707. The molecule has 35 heavy (non-hydrogen) atoms. The second-order valence-electron chi connectivity index (χ2n) is 7.22. The van der Waals surface area contributed by atoms with Crippen molar-refractivity contribution in [3.8, 4) is 5.75 Å². The number of hydrogen-bond acceptors (Lipinski definition) is 8. The molecule has 2 heterocycles. The van der Waals surface area contributed by atoms with Crippen molar-refractivity contribution in [3.63, 3.8) is 0 Å². The van der Waals surface area contributed by atoms with Crippen molar-refractivity contribution in [1.29, 1.82) is 0 Å². The van der Waals surface area contributed by atoms with Gasteiger partial charge in [0.25, 0.3) is 0 Å². The Morgan fingerprint density at radius 2 is 2.00 bits per heavy atom. The molecule has 0 aliphatic carbocycles. The lowest BCUT2D eigenvalue weighted by Crippen LogP contribution is -2.10. The van der Waals surface area contributed by atoms with Crippen LogP contribution < -0.4 is 4.74 Å². The van der Waals surface area contributed by atoms with Crippen LogP contribution in [0, 0.1) is 5.82 Å². The third-order valence-corrected chi connectivity index (χ3v) is 5.92. The number of nitrogens with one attached hydrogen (secondary N) is 1. The van der Waals surface area contributed by atoms with E-state index < -0.39 is 11.8 Å². The number of hydrogen-bond donors (Lipinski definition) is 2. The van der Waals surface area contributed by atoms with Gasteiger partial charge in [-0.15, -0.1) is 16.8 Å². The molecule has 2 aromatic carbocycles. The van der Waals surface area contributed by atoms with E-state index in [-0.39, 0.29) is 35.3 Å². The number of fused-ring (bicyclic) bond motifs is 1. The minimum Gasteiger partial charge on any atom is -0.510 e.